The molecule has 0 spiro atoms. The van der Waals surface area contributed by atoms with Crippen LogP contribution in [0.5, 0.6) is 0 Å². The van der Waals surface area contributed by atoms with Crippen molar-refractivity contribution in [3.8, 4) is 0 Å². The summed E-state index contributed by atoms with van der Waals surface area (Å²) in [4.78, 5) is 0. The van der Waals surface area contributed by atoms with Crippen molar-refractivity contribution in [2.75, 3.05) is 25.6 Å². The van der Waals surface area contributed by atoms with E-state index >= 15 is 0 Å². The van der Waals surface area contributed by atoms with E-state index in [1.807, 2.05) is 6.92 Å². The van der Waals surface area contributed by atoms with Crippen molar-refractivity contribution in [1.29, 1.82) is 0 Å². The highest BCUT2D eigenvalue weighted by Crippen LogP contribution is 1.98. The fourth-order valence-electron chi connectivity index (χ4n) is 1.21. The number of rotatable bonds is 9. The molecule has 0 saturated heterocycles. The van der Waals surface area contributed by atoms with E-state index in [4.69, 9.17) is 16.3 Å². The van der Waals surface area contributed by atoms with Gasteiger partial charge >= 0.3 is 0 Å². The maximum absolute atomic E-state index is 5.67. The lowest BCUT2D eigenvalue weighted by Gasteiger charge is -2.15. The molecule has 0 aliphatic rings. The van der Waals surface area contributed by atoms with Crippen molar-refractivity contribution >= 4 is 11.6 Å². The Hall–Kier alpha value is 0.210. The van der Waals surface area contributed by atoms with Crippen LogP contribution in [0.4, 0.5) is 0 Å². The molecule has 80 valence electrons. The van der Waals surface area contributed by atoms with Crippen LogP contribution in [0.3, 0.4) is 0 Å². The molecule has 1 unspecified atom stereocenters. The van der Waals surface area contributed by atoms with E-state index < -0.39 is 0 Å². The lowest BCUT2D eigenvalue weighted by atomic mass is 10.2. The van der Waals surface area contributed by atoms with Crippen LogP contribution in [0.25, 0.3) is 0 Å². The van der Waals surface area contributed by atoms with E-state index in [2.05, 4.69) is 12.2 Å². The molecule has 0 bridgehead atoms. The first kappa shape index (κ1) is 13.2. The quantitative estimate of drug-likeness (QED) is 0.463. The standard InChI is InChI=1S/C10H22ClNO/c1-3-10(6-7-11)12-8-5-9-13-4-2/h10,12H,3-9H2,1-2H3. The second-order valence-corrected chi connectivity index (χ2v) is 3.47. The van der Waals surface area contributed by atoms with Crippen molar-refractivity contribution < 1.29 is 4.74 Å². The first-order valence-electron chi connectivity index (χ1n) is 5.22. The van der Waals surface area contributed by atoms with E-state index in [0.717, 1.165) is 44.9 Å². The molecule has 0 aliphatic heterocycles. The lowest BCUT2D eigenvalue weighted by Crippen LogP contribution is -2.30. The summed E-state index contributed by atoms with van der Waals surface area (Å²) >= 11 is 5.67. The van der Waals surface area contributed by atoms with E-state index in [-0.39, 0.29) is 0 Å². The van der Waals surface area contributed by atoms with Gasteiger partial charge in [0.15, 0.2) is 0 Å². The van der Waals surface area contributed by atoms with Gasteiger partial charge < -0.3 is 10.1 Å². The van der Waals surface area contributed by atoms with Gasteiger partial charge in [-0.2, -0.15) is 0 Å². The van der Waals surface area contributed by atoms with Crippen LogP contribution in [0, 0.1) is 0 Å². The Morgan fingerprint density at radius 1 is 1.38 bits per heavy atom. The third-order valence-electron chi connectivity index (χ3n) is 2.05. The second kappa shape index (κ2) is 10.3. The first-order valence-corrected chi connectivity index (χ1v) is 5.75. The molecular weight excluding hydrogens is 186 g/mol. The number of nitrogens with one attached hydrogen (secondary N) is 1. The minimum absolute atomic E-state index is 0.583. The van der Waals surface area contributed by atoms with Crippen molar-refractivity contribution in [2.45, 2.75) is 39.2 Å². The highest BCUT2D eigenvalue weighted by Gasteiger charge is 2.02. The minimum atomic E-state index is 0.583. The lowest BCUT2D eigenvalue weighted by molar-refractivity contribution is 0.144. The van der Waals surface area contributed by atoms with Gasteiger partial charge in [0.1, 0.15) is 0 Å². The van der Waals surface area contributed by atoms with Gasteiger partial charge in [0.05, 0.1) is 0 Å². The zero-order valence-corrected chi connectivity index (χ0v) is 9.57. The average Bonchev–Trinajstić information content (AvgIpc) is 2.16. The molecule has 0 heterocycles. The largest absolute Gasteiger partial charge is 0.382 e. The minimum Gasteiger partial charge on any atom is -0.382 e. The van der Waals surface area contributed by atoms with Gasteiger partial charge in [-0.25, -0.2) is 0 Å². The predicted molar refractivity (Wildman–Crippen MR) is 58.5 cm³/mol. The number of hydrogen-bond donors (Lipinski definition) is 1. The van der Waals surface area contributed by atoms with Crippen LogP contribution in [-0.4, -0.2) is 31.7 Å². The zero-order chi connectivity index (χ0) is 9.94. The van der Waals surface area contributed by atoms with E-state index in [9.17, 15) is 0 Å². The van der Waals surface area contributed by atoms with Crippen LogP contribution in [0.2, 0.25) is 0 Å². The Bertz CT molecular complexity index is 101. The van der Waals surface area contributed by atoms with E-state index in [1.54, 1.807) is 0 Å². The van der Waals surface area contributed by atoms with Crippen LogP contribution in [0.15, 0.2) is 0 Å². The van der Waals surface area contributed by atoms with Gasteiger partial charge in [-0.1, -0.05) is 6.92 Å². The maximum atomic E-state index is 5.67. The Morgan fingerprint density at radius 2 is 2.15 bits per heavy atom. The van der Waals surface area contributed by atoms with Gasteiger partial charge in [0.25, 0.3) is 0 Å². The number of alkyl halides is 1. The second-order valence-electron chi connectivity index (χ2n) is 3.09. The first-order chi connectivity index (χ1) is 6.35. The van der Waals surface area contributed by atoms with Crippen LogP contribution < -0.4 is 5.32 Å². The Kier molecular flexibility index (Phi) is 10.5. The number of halogens is 1. The van der Waals surface area contributed by atoms with E-state index in [1.165, 1.54) is 0 Å². The number of hydrogen-bond acceptors (Lipinski definition) is 2. The van der Waals surface area contributed by atoms with Crippen molar-refractivity contribution in [2.24, 2.45) is 0 Å². The molecule has 2 nitrogen and oxygen atoms in total. The molecular formula is C10H22ClNO. The molecule has 0 fully saturated rings. The molecule has 0 rings (SSSR count). The fraction of sp³-hybridized carbons (Fsp3) is 1.00. The smallest absolute Gasteiger partial charge is 0.0477 e. The molecule has 0 amide bonds. The average molecular weight is 208 g/mol. The summed E-state index contributed by atoms with van der Waals surface area (Å²) in [6.45, 7) is 6.93. The van der Waals surface area contributed by atoms with Crippen LogP contribution in [0.1, 0.15) is 33.1 Å². The van der Waals surface area contributed by atoms with Crippen molar-refractivity contribution in [3.05, 3.63) is 0 Å². The SMILES string of the molecule is CCOCCCNC(CC)CCCl. The molecule has 13 heavy (non-hydrogen) atoms. The summed E-state index contributed by atoms with van der Waals surface area (Å²) in [6.07, 6.45) is 3.31. The third kappa shape index (κ3) is 8.54. The highest BCUT2D eigenvalue weighted by molar-refractivity contribution is 6.17. The molecule has 1 atom stereocenters. The van der Waals surface area contributed by atoms with Gasteiger partial charge in [-0.05, 0) is 32.7 Å². The predicted octanol–water partition coefficient (Wildman–Crippen LogP) is 2.41. The summed E-state index contributed by atoms with van der Waals surface area (Å²) in [6, 6.07) is 0.583. The van der Waals surface area contributed by atoms with Crippen molar-refractivity contribution in [3.63, 3.8) is 0 Å². The summed E-state index contributed by atoms with van der Waals surface area (Å²) in [7, 11) is 0. The fourth-order valence-corrected chi connectivity index (χ4v) is 1.47. The van der Waals surface area contributed by atoms with Gasteiger partial charge in [-0.15, -0.1) is 11.6 Å². The third-order valence-corrected chi connectivity index (χ3v) is 2.27. The zero-order valence-electron chi connectivity index (χ0n) is 8.81. The normalized spacial score (nSPS) is 13.2. The monoisotopic (exact) mass is 207 g/mol. The summed E-state index contributed by atoms with van der Waals surface area (Å²) in [5, 5.41) is 3.46. The molecule has 3 heteroatoms. The van der Waals surface area contributed by atoms with Crippen LogP contribution >= 0.6 is 11.6 Å². The van der Waals surface area contributed by atoms with Gasteiger partial charge in [-0.3, -0.25) is 0 Å². The van der Waals surface area contributed by atoms with Crippen LogP contribution in [-0.2, 0) is 4.74 Å². The Morgan fingerprint density at radius 3 is 2.69 bits per heavy atom. The molecule has 1 N–H and O–H groups in total. The molecule has 0 aromatic rings. The van der Waals surface area contributed by atoms with Gasteiger partial charge in [0.2, 0.25) is 0 Å². The molecule has 0 aliphatic carbocycles. The topological polar surface area (TPSA) is 21.3 Å². The molecule has 0 radical (unpaired) electrons. The molecule has 0 aromatic heterocycles. The Labute approximate surface area is 87.0 Å². The summed E-state index contributed by atoms with van der Waals surface area (Å²) < 4.78 is 5.24. The number of ether oxygens (including phenoxy) is 1. The van der Waals surface area contributed by atoms with Crippen molar-refractivity contribution in [1.82, 2.24) is 5.32 Å². The molecule has 0 saturated carbocycles. The Balaban J connectivity index is 3.17. The van der Waals surface area contributed by atoms with E-state index in [0.29, 0.717) is 6.04 Å². The maximum Gasteiger partial charge on any atom is 0.0477 e. The van der Waals surface area contributed by atoms with Gasteiger partial charge in [0, 0.05) is 25.1 Å². The summed E-state index contributed by atoms with van der Waals surface area (Å²) in [5.74, 6) is 0.747. The molecule has 0 aromatic carbocycles. The highest BCUT2D eigenvalue weighted by atomic mass is 35.5. The summed E-state index contributed by atoms with van der Waals surface area (Å²) in [5.41, 5.74) is 0.